The molecule has 0 saturated carbocycles. The molecular weight excluding hydrogens is 239 g/mol. The van der Waals surface area contributed by atoms with Gasteiger partial charge in [0.1, 0.15) is 5.82 Å². The number of anilines is 1. The van der Waals surface area contributed by atoms with Crippen LogP contribution in [-0.2, 0) is 4.79 Å². The first-order valence-electron chi connectivity index (χ1n) is 5.53. The number of nitrogens with two attached hydrogens (primary N) is 1. The smallest absolute Gasteiger partial charge is 0.337 e. The number of carboxylic acids is 1. The van der Waals surface area contributed by atoms with Gasteiger partial charge in [0.25, 0.3) is 0 Å². The average molecular weight is 254 g/mol. The summed E-state index contributed by atoms with van der Waals surface area (Å²) in [5.74, 6) is -2.73. The molecule has 0 bridgehead atoms. The maximum absolute atomic E-state index is 12.9. The van der Waals surface area contributed by atoms with Crippen LogP contribution in [0.4, 0.5) is 10.1 Å². The third-order valence-electron chi connectivity index (χ3n) is 2.62. The molecule has 6 heteroatoms. The Hall–Kier alpha value is -1.95. The average Bonchev–Trinajstić information content (AvgIpc) is 2.32. The first kappa shape index (κ1) is 14.1. The topological polar surface area (TPSA) is 92.4 Å². The number of carbonyl (C=O) groups is 2. The molecule has 1 aromatic carbocycles. The van der Waals surface area contributed by atoms with Crippen LogP contribution in [0.25, 0.3) is 0 Å². The Morgan fingerprint density at radius 2 is 2.17 bits per heavy atom. The number of hydrogen-bond donors (Lipinski definition) is 3. The number of hydrogen-bond acceptors (Lipinski definition) is 3. The summed E-state index contributed by atoms with van der Waals surface area (Å²) in [7, 11) is 0. The van der Waals surface area contributed by atoms with Gasteiger partial charge in [0.05, 0.1) is 17.2 Å². The molecule has 0 heterocycles. The van der Waals surface area contributed by atoms with E-state index in [-0.39, 0.29) is 23.7 Å². The molecular formula is C12H15FN2O3. The number of nitrogens with one attached hydrogen (secondary N) is 1. The van der Waals surface area contributed by atoms with Crippen LogP contribution in [0, 0.1) is 11.7 Å². The van der Waals surface area contributed by atoms with Crippen molar-refractivity contribution in [3.63, 3.8) is 0 Å². The van der Waals surface area contributed by atoms with Crippen molar-refractivity contribution >= 4 is 17.6 Å². The monoisotopic (exact) mass is 254 g/mol. The minimum atomic E-state index is -1.30. The highest BCUT2D eigenvalue weighted by molar-refractivity contribution is 6.01. The summed E-state index contributed by atoms with van der Waals surface area (Å²) in [6.07, 6.45) is 0.548. The second kappa shape index (κ2) is 6.11. The highest BCUT2D eigenvalue weighted by Gasteiger charge is 2.18. The van der Waals surface area contributed by atoms with Crippen LogP contribution >= 0.6 is 0 Å². The normalized spacial score (nSPS) is 11.9. The quantitative estimate of drug-likeness (QED) is 0.741. The molecule has 0 aromatic heterocycles. The van der Waals surface area contributed by atoms with Crippen molar-refractivity contribution in [2.45, 2.75) is 13.3 Å². The van der Waals surface area contributed by atoms with Crippen LogP contribution in [0.5, 0.6) is 0 Å². The fourth-order valence-electron chi connectivity index (χ4n) is 1.50. The second-order valence-corrected chi connectivity index (χ2v) is 3.83. The maximum Gasteiger partial charge on any atom is 0.337 e. The van der Waals surface area contributed by atoms with Crippen LogP contribution in [0.3, 0.4) is 0 Å². The van der Waals surface area contributed by atoms with E-state index < -0.39 is 17.7 Å². The lowest BCUT2D eigenvalue weighted by Crippen LogP contribution is -2.29. The van der Waals surface area contributed by atoms with Gasteiger partial charge in [-0.1, -0.05) is 6.92 Å². The van der Waals surface area contributed by atoms with E-state index in [1.165, 1.54) is 6.07 Å². The van der Waals surface area contributed by atoms with Crippen LogP contribution in [0.2, 0.25) is 0 Å². The number of amides is 1. The van der Waals surface area contributed by atoms with Crippen molar-refractivity contribution < 1.29 is 19.1 Å². The van der Waals surface area contributed by atoms with Gasteiger partial charge in [0, 0.05) is 6.54 Å². The lowest BCUT2D eigenvalue weighted by atomic mass is 10.1. The van der Waals surface area contributed by atoms with Crippen molar-refractivity contribution in [1.82, 2.24) is 0 Å². The lowest BCUT2D eigenvalue weighted by molar-refractivity contribution is -0.119. The Morgan fingerprint density at radius 1 is 1.50 bits per heavy atom. The molecule has 0 aliphatic carbocycles. The second-order valence-electron chi connectivity index (χ2n) is 3.83. The summed E-state index contributed by atoms with van der Waals surface area (Å²) in [5.41, 5.74) is 5.21. The zero-order valence-corrected chi connectivity index (χ0v) is 9.94. The predicted molar refractivity (Wildman–Crippen MR) is 64.8 cm³/mol. The number of halogens is 1. The van der Waals surface area contributed by atoms with Crippen molar-refractivity contribution in [3.05, 3.63) is 29.6 Å². The fraction of sp³-hybridized carbons (Fsp3) is 0.333. The number of carbonyl (C=O) groups excluding carboxylic acids is 1. The summed E-state index contributed by atoms with van der Waals surface area (Å²) < 4.78 is 12.9. The summed E-state index contributed by atoms with van der Waals surface area (Å²) in [6, 6.07) is 3.17. The lowest BCUT2D eigenvalue weighted by Gasteiger charge is -2.14. The molecule has 0 aliphatic heterocycles. The molecule has 0 saturated heterocycles. The van der Waals surface area contributed by atoms with Gasteiger partial charge >= 0.3 is 5.97 Å². The number of aromatic carboxylic acids is 1. The summed E-state index contributed by atoms with van der Waals surface area (Å²) in [5, 5.41) is 11.4. The molecule has 1 atom stereocenters. The number of rotatable bonds is 5. The van der Waals surface area contributed by atoms with Gasteiger partial charge < -0.3 is 16.2 Å². The molecule has 0 radical (unpaired) electrons. The van der Waals surface area contributed by atoms with Gasteiger partial charge in [0.15, 0.2) is 0 Å². The van der Waals surface area contributed by atoms with E-state index in [1.54, 1.807) is 6.92 Å². The van der Waals surface area contributed by atoms with Gasteiger partial charge in [-0.15, -0.1) is 0 Å². The summed E-state index contributed by atoms with van der Waals surface area (Å²) >= 11 is 0. The van der Waals surface area contributed by atoms with E-state index in [0.717, 1.165) is 12.1 Å². The minimum absolute atomic E-state index is 0.0702. The van der Waals surface area contributed by atoms with Gasteiger partial charge in [0.2, 0.25) is 5.91 Å². The van der Waals surface area contributed by atoms with E-state index in [2.05, 4.69) is 5.32 Å². The van der Waals surface area contributed by atoms with E-state index in [4.69, 9.17) is 10.8 Å². The van der Waals surface area contributed by atoms with E-state index in [0.29, 0.717) is 6.42 Å². The highest BCUT2D eigenvalue weighted by atomic mass is 19.1. The fourth-order valence-corrected chi connectivity index (χ4v) is 1.50. The third kappa shape index (κ3) is 3.27. The van der Waals surface area contributed by atoms with Gasteiger partial charge in [-0.25, -0.2) is 9.18 Å². The van der Waals surface area contributed by atoms with Gasteiger partial charge in [-0.05, 0) is 24.6 Å². The predicted octanol–water partition coefficient (Wildman–Crippen LogP) is 1.45. The zero-order chi connectivity index (χ0) is 13.7. The molecule has 1 amide bonds. The van der Waals surface area contributed by atoms with Crippen LogP contribution < -0.4 is 11.1 Å². The summed E-state index contributed by atoms with van der Waals surface area (Å²) in [4.78, 5) is 22.7. The maximum atomic E-state index is 12.9. The molecule has 1 rings (SSSR count). The van der Waals surface area contributed by atoms with Gasteiger partial charge in [-0.2, -0.15) is 0 Å². The SMILES string of the molecule is CCC(CN)C(=O)Nc1ccc(F)cc1C(=O)O. The van der Waals surface area contributed by atoms with Crippen molar-refractivity contribution in [2.75, 3.05) is 11.9 Å². The molecule has 0 fully saturated rings. The van der Waals surface area contributed by atoms with Crippen LogP contribution in [0.1, 0.15) is 23.7 Å². The van der Waals surface area contributed by atoms with E-state index >= 15 is 0 Å². The third-order valence-corrected chi connectivity index (χ3v) is 2.62. The first-order valence-corrected chi connectivity index (χ1v) is 5.53. The Labute approximate surface area is 104 Å². The van der Waals surface area contributed by atoms with Crippen LogP contribution in [0.15, 0.2) is 18.2 Å². The molecule has 5 nitrogen and oxygen atoms in total. The molecule has 98 valence electrons. The van der Waals surface area contributed by atoms with Crippen molar-refractivity contribution in [1.29, 1.82) is 0 Å². The molecule has 0 aliphatic rings. The minimum Gasteiger partial charge on any atom is -0.478 e. The Kier molecular flexibility index (Phi) is 4.79. The van der Waals surface area contributed by atoms with Crippen LogP contribution in [-0.4, -0.2) is 23.5 Å². The largest absolute Gasteiger partial charge is 0.478 e. The van der Waals surface area contributed by atoms with Crippen molar-refractivity contribution in [2.24, 2.45) is 11.7 Å². The highest BCUT2D eigenvalue weighted by Crippen LogP contribution is 2.18. The Balaban J connectivity index is 2.97. The Morgan fingerprint density at radius 3 is 2.67 bits per heavy atom. The molecule has 1 unspecified atom stereocenters. The molecule has 18 heavy (non-hydrogen) atoms. The number of carboxylic acid groups (broad SMARTS) is 1. The first-order chi connectivity index (χ1) is 8.49. The Bertz CT molecular complexity index is 459. The van der Waals surface area contributed by atoms with Crippen molar-refractivity contribution in [3.8, 4) is 0 Å². The number of benzene rings is 1. The molecule has 0 spiro atoms. The van der Waals surface area contributed by atoms with E-state index in [9.17, 15) is 14.0 Å². The molecule has 4 N–H and O–H groups in total. The van der Waals surface area contributed by atoms with Gasteiger partial charge in [-0.3, -0.25) is 4.79 Å². The molecule has 1 aromatic rings. The zero-order valence-electron chi connectivity index (χ0n) is 9.94. The van der Waals surface area contributed by atoms with E-state index in [1.807, 2.05) is 0 Å². The summed E-state index contributed by atoms with van der Waals surface area (Å²) in [6.45, 7) is 1.98. The standard InChI is InChI=1S/C12H15FN2O3/c1-2-7(6-14)11(16)15-10-4-3-8(13)5-9(10)12(17)18/h3-5,7H,2,6,14H2,1H3,(H,15,16)(H,17,18).